The monoisotopic (exact) mass is 316 g/mol. The molecule has 0 spiro atoms. The Morgan fingerprint density at radius 2 is 1.00 bits per heavy atom. The Morgan fingerprint density at radius 3 is 1.14 bits per heavy atom. The van der Waals surface area contributed by atoms with Crippen LogP contribution in [-0.2, 0) is 9.59 Å². The molecule has 0 aromatic carbocycles. The summed E-state index contributed by atoms with van der Waals surface area (Å²) in [6.07, 6.45) is 0. The molecule has 2 amide bonds. The van der Waals surface area contributed by atoms with Gasteiger partial charge in [0.2, 0.25) is 11.8 Å². The summed E-state index contributed by atoms with van der Waals surface area (Å²) in [5.41, 5.74) is 20.7. The largest absolute Gasteiger partial charge is 0.366 e. The van der Waals surface area contributed by atoms with Gasteiger partial charge in [-0.1, -0.05) is 13.2 Å². The molecule has 0 saturated carbocycles. The molecule has 0 heterocycles. The van der Waals surface area contributed by atoms with E-state index >= 15 is 0 Å². The maximum absolute atomic E-state index is 9.82. The second-order valence-electron chi connectivity index (χ2n) is 4.37. The standard InChI is InChI=1S/C6H18N4.2C4H7NO/c7-1-3-9-5-6-10-4-2-8;2*1-3(2)4(5)6/h9-10H,1-8H2;2*1H2,2H3,(H2,5,6). The van der Waals surface area contributed by atoms with Crippen LogP contribution in [0.2, 0.25) is 0 Å². The summed E-state index contributed by atoms with van der Waals surface area (Å²) in [5, 5.41) is 6.33. The summed E-state index contributed by atoms with van der Waals surface area (Å²) in [7, 11) is 0. The summed E-state index contributed by atoms with van der Waals surface area (Å²) in [6.45, 7) is 14.8. The van der Waals surface area contributed by atoms with Crippen molar-refractivity contribution in [2.24, 2.45) is 22.9 Å². The smallest absolute Gasteiger partial charge is 0.243 e. The van der Waals surface area contributed by atoms with E-state index in [0.29, 0.717) is 24.2 Å². The van der Waals surface area contributed by atoms with E-state index in [0.717, 1.165) is 26.2 Å². The van der Waals surface area contributed by atoms with Crippen LogP contribution in [0.3, 0.4) is 0 Å². The third-order valence-electron chi connectivity index (χ3n) is 1.96. The van der Waals surface area contributed by atoms with Crippen LogP contribution in [0.1, 0.15) is 13.8 Å². The lowest BCUT2D eigenvalue weighted by molar-refractivity contribution is -0.115. The normalized spacial score (nSPS) is 8.73. The van der Waals surface area contributed by atoms with Crippen LogP contribution in [0.25, 0.3) is 0 Å². The summed E-state index contributed by atoms with van der Waals surface area (Å²) in [4.78, 5) is 19.6. The zero-order valence-corrected chi connectivity index (χ0v) is 13.8. The SMILES string of the molecule is C=C(C)C(N)=O.C=C(C)C(N)=O.NCCNCCNCCN. The van der Waals surface area contributed by atoms with Crippen LogP contribution >= 0.6 is 0 Å². The lowest BCUT2D eigenvalue weighted by Gasteiger charge is -2.03. The Hall–Kier alpha value is -1.74. The fraction of sp³-hybridized carbons (Fsp3) is 0.571. The molecule has 8 heteroatoms. The molecule has 0 saturated heterocycles. The van der Waals surface area contributed by atoms with Crippen molar-refractivity contribution in [3.63, 3.8) is 0 Å². The van der Waals surface area contributed by atoms with Crippen LogP contribution in [0, 0.1) is 0 Å². The van der Waals surface area contributed by atoms with E-state index in [1.165, 1.54) is 0 Å². The molecule has 0 radical (unpaired) electrons. The highest BCUT2D eigenvalue weighted by Crippen LogP contribution is 1.78. The van der Waals surface area contributed by atoms with Crippen LogP contribution < -0.4 is 33.6 Å². The highest BCUT2D eigenvalue weighted by Gasteiger charge is 1.87. The second kappa shape index (κ2) is 19.3. The number of amides is 2. The van der Waals surface area contributed by atoms with Gasteiger partial charge in [0.05, 0.1) is 0 Å². The fourth-order valence-corrected chi connectivity index (χ4v) is 0.631. The molecule has 0 bridgehead atoms. The molecular weight excluding hydrogens is 284 g/mol. The van der Waals surface area contributed by atoms with Crippen molar-refractivity contribution in [1.82, 2.24) is 10.6 Å². The van der Waals surface area contributed by atoms with E-state index in [1.807, 2.05) is 0 Å². The Bertz CT molecular complexity index is 275. The fourth-order valence-electron chi connectivity index (χ4n) is 0.631. The average molecular weight is 316 g/mol. The van der Waals surface area contributed by atoms with Crippen molar-refractivity contribution in [3.8, 4) is 0 Å². The molecule has 0 aliphatic carbocycles. The molecule has 130 valence electrons. The summed E-state index contributed by atoms with van der Waals surface area (Å²) in [5.74, 6) is -0.870. The Labute approximate surface area is 133 Å². The van der Waals surface area contributed by atoms with Gasteiger partial charge in [-0.2, -0.15) is 0 Å². The van der Waals surface area contributed by atoms with Gasteiger partial charge < -0.3 is 33.6 Å². The molecule has 0 atom stereocenters. The highest BCUT2D eigenvalue weighted by molar-refractivity contribution is 5.90. The number of primary amides is 2. The predicted molar refractivity (Wildman–Crippen MR) is 91.9 cm³/mol. The van der Waals surface area contributed by atoms with Gasteiger partial charge in [0.15, 0.2) is 0 Å². The Kier molecular flexibility index (Phi) is 22.1. The number of carbonyl (C=O) groups excluding carboxylic acids is 2. The Morgan fingerprint density at radius 1 is 0.773 bits per heavy atom. The third-order valence-corrected chi connectivity index (χ3v) is 1.96. The molecule has 0 aromatic rings. The number of hydrogen-bond acceptors (Lipinski definition) is 6. The molecule has 8 nitrogen and oxygen atoms in total. The number of hydrogen-bond donors (Lipinski definition) is 6. The topological polar surface area (TPSA) is 162 Å². The molecule has 22 heavy (non-hydrogen) atoms. The van der Waals surface area contributed by atoms with Gasteiger partial charge in [0, 0.05) is 50.4 Å². The first kappa shape index (κ1) is 25.2. The van der Waals surface area contributed by atoms with Crippen LogP contribution in [0.15, 0.2) is 24.3 Å². The first-order chi connectivity index (χ1) is 10.2. The van der Waals surface area contributed by atoms with Gasteiger partial charge in [0.25, 0.3) is 0 Å². The summed E-state index contributed by atoms with van der Waals surface area (Å²) >= 11 is 0. The maximum atomic E-state index is 9.82. The average Bonchev–Trinajstić information content (AvgIpc) is 2.44. The van der Waals surface area contributed by atoms with Crippen LogP contribution in [-0.4, -0.2) is 51.1 Å². The van der Waals surface area contributed by atoms with Crippen molar-refractivity contribution in [1.29, 1.82) is 0 Å². The molecule has 0 aliphatic rings. The van der Waals surface area contributed by atoms with E-state index < -0.39 is 11.8 Å². The van der Waals surface area contributed by atoms with Gasteiger partial charge in [-0.15, -0.1) is 0 Å². The van der Waals surface area contributed by atoms with Gasteiger partial charge in [0.1, 0.15) is 0 Å². The minimum absolute atomic E-state index is 0.398. The van der Waals surface area contributed by atoms with Crippen molar-refractivity contribution in [2.45, 2.75) is 13.8 Å². The van der Waals surface area contributed by atoms with Crippen molar-refractivity contribution in [3.05, 3.63) is 24.3 Å². The van der Waals surface area contributed by atoms with Crippen molar-refractivity contribution < 1.29 is 9.59 Å². The molecule has 0 fully saturated rings. The molecule has 0 aliphatic heterocycles. The molecular formula is C14H32N6O2. The number of nitrogens with one attached hydrogen (secondary N) is 2. The first-order valence-corrected chi connectivity index (χ1v) is 6.92. The van der Waals surface area contributed by atoms with Crippen molar-refractivity contribution >= 4 is 11.8 Å². The second-order valence-corrected chi connectivity index (χ2v) is 4.37. The van der Waals surface area contributed by atoms with Gasteiger partial charge in [-0.05, 0) is 13.8 Å². The van der Waals surface area contributed by atoms with E-state index in [-0.39, 0.29) is 0 Å². The lowest BCUT2D eigenvalue weighted by atomic mass is 10.3. The van der Waals surface area contributed by atoms with Crippen molar-refractivity contribution in [2.75, 3.05) is 39.3 Å². The van der Waals surface area contributed by atoms with E-state index in [1.54, 1.807) is 13.8 Å². The first-order valence-electron chi connectivity index (χ1n) is 6.92. The number of nitrogens with two attached hydrogens (primary N) is 4. The summed E-state index contributed by atoms with van der Waals surface area (Å²) in [6, 6.07) is 0. The minimum atomic E-state index is -0.435. The lowest BCUT2D eigenvalue weighted by Crippen LogP contribution is -2.32. The number of carbonyl (C=O) groups is 2. The third kappa shape index (κ3) is 30.9. The zero-order chi connectivity index (χ0) is 18.0. The predicted octanol–water partition coefficient (Wildman–Crippen LogP) is -1.82. The van der Waals surface area contributed by atoms with Gasteiger partial charge in [-0.25, -0.2) is 0 Å². The highest BCUT2D eigenvalue weighted by atomic mass is 16.1. The van der Waals surface area contributed by atoms with E-state index in [9.17, 15) is 9.59 Å². The van der Waals surface area contributed by atoms with E-state index in [4.69, 9.17) is 22.9 Å². The van der Waals surface area contributed by atoms with Crippen LogP contribution in [0.4, 0.5) is 0 Å². The van der Waals surface area contributed by atoms with Crippen LogP contribution in [0.5, 0.6) is 0 Å². The summed E-state index contributed by atoms with van der Waals surface area (Å²) < 4.78 is 0. The quantitative estimate of drug-likeness (QED) is 0.217. The van der Waals surface area contributed by atoms with Gasteiger partial charge >= 0.3 is 0 Å². The molecule has 10 N–H and O–H groups in total. The van der Waals surface area contributed by atoms with Gasteiger partial charge in [-0.3, -0.25) is 9.59 Å². The number of rotatable bonds is 9. The minimum Gasteiger partial charge on any atom is -0.366 e. The molecule has 0 aromatic heterocycles. The molecule has 0 rings (SSSR count). The molecule has 0 unspecified atom stereocenters. The zero-order valence-electron chi connectivity index (χ0n) is 13.8. The maximum Gasteiger partial charge on any atom is 0.243 e. The van der Waals surface area contributed by atoms with E-state index in [2.05, 4.69) is 23.8 Å². The Balaban J connectivity index is -0.000000261.